The highest BCUT2D eigenvalue weighted by atomic mass is 19.1. The first-order chi connectivity index (χ1) is 9.08. The lowest BCUT2D eigenvalue weighted by Gasteiger charge is -2.16. The van der Waals surface area contributed by atoms with E-state index in [2.05, 4.69) is 5.32 Å². The number of ether oxygens (including phenoxy) is 2. The number of nitrogen functional groups attached to an aromatic ring is 1. The van der Waals surface area contributed by atoms with Gasteiger partial charge in [-0.3, -0.25) is 0 Å². The number of nitrogens with two attached hydrogens (primary N) is 1. The van der Waals surface area contributed by atoms with Crippen LogP contribution in [0.2, 0.25) is 0 Å². The summed E-state index contributed by atoms with van der Waals surface area (Å²) in [6.45, 7) is 7.63. The van der Waals surface area contributed by atoms with Crippen molar-refractivity contribution in [3.05, 3.63) is 17.9 Å². The molecule has 0 radical (unpaired) electrons. The lowest BCUT2D eigenvalue weighted by atomic mass is 10.2. The Morgan fingerprint density at radius 3 is 2.74 bits per heavy atom. The number of rotatable bonds is 8. The standard InChI is InChI=1S/C14H23FN2O2/c1-4-6-19-14-8-13(12(16)7-11(14)15)17-9-10(3)18-5-2/h7-8,10,17H,4-6,9,16H2,1-3H3. The van der Waals surface area contributed by atoms with E-state index in [4.69, 9.17) is 15.2 Å². The summed E-state index contributed by atoms with van der Waals surface area (Å²) >= 11 is 0. The van der Waals surface area contributed by atoms with Crippen LogP contribution >= 0.6 is 0 Å². The Kier molecular flexibility index (Phi) is 6.42. The number of hydrogen-bond acceptors (Lipinski definition) is 4. The second kappa shape index (κ2) is 7.84. The molecule has 4 nitrogen and oxygen atoms in total. The van der Waals surface area contributed by atoms with Gasteiger partial charge in [0.15, 0.2) is 11.6 Å². The van der Waals surface area contributed by atoms with Crippen molar-refractivity contribution in [2.45, 2.75) is 33.3 Å². The Bertz CT molecular complexity index is 399. The highest BCUT2D eigenvalue weighted by molar-refractivity contribution is 5.68. The molecule has 1 atom stereocenters. The third kappa shape index (κ3) is 4.95. The Morgan fingerprint density at radius 1 is 1.37 bits per heavy atom. The van der Waals surface area contributed by atoms with Crippen molar-refractivity contribution in [2.75, 3.05) is 30.8 Å². The van der Waals surface area contributed by atoms with Gasteiger partial charge < -0.3 is 20.5 Å². The molecule has 5 heteroatoms. The summed E-state index contributed by atoms with van der Waals surface area (Å²) in [4.78, 5) is 0. The van der Waals surface area contributed by atoms with Crippen LogP contribution in [0.25, 0.3) is 0 Å². The van der Waals surface area contributed by atoms with Gasteiger partial charge in [-0.25, -0.2) is 4.39 Å². The Balaban J connectivity index is 2.71. The molecule has 0 bridgehead atoms. The number of anilines is 2. The van der Waals surface area contributed by atoms with E-state index in [0.29, 0.717) is 31.1 Å². The van der Waals surface area contributed by atoms with Crippen molar-refractivity contribution >= 4 is 11.4 Å². The highest BCUT2D eigenvalue weighted by Gasteiger charge is 2.10. The summed E-state index contributed by atoms with van der Waals surface area (Å²) in [5, 5.41) is 3.14. The fourth-order valence-corrected chi connectivity index (χ4v) is 1.64. The molecule has 0 aliphatic rings. The summed E-state index contributed by atoms with van der Waals surface area (Å²) < 4.78 is 24.4. The molecule has 1 rings (SSSR count). The zero-order valence-corrected chi connectivity index (χ0v) is 11.8. The van der Waals surface area contributed by atoms with Crippen LogP contribution in [0.1, 0.15) is 27.2 Å². The minimum atomic E-state index is -0.436. The maximum absolute atomic E-state index is 13.6. The van der Waals surface area contributed by atoms with E-state index < -0.39 is 5.82 Å². The predicted molar refractivity (Wildman–Crippen MR) is 76.2 cm³/mol. The van der Waals surface area contributed by atoms with E-state index in [9.17, 15) is 4.39 Å². The van der Waals surface area contributed by atoms with Crippen molar-refractivity contribution in [1.29, 1.82) is 0 Å². The van der Waals surface area contributed by atoms with Crippen molar-refractivity contribution in [3.8, 4) is 5.75 Å². The van der Waals surface area contributed by atoms with Crippen LogP contribution in [-0.2, 0) is 4.74 Å². The van der Waals surface area contributed by atoms with Gasteiger partial charge in [-0.2, -0.15) is 0 Å². The minimum absolute atomic E-state index is 0.0643. The monoisotopic (exact) mass is 270 g/mol. The molecule has 0 spiro atoms. The predicted octanol–water partition coefficient (Wildman–Crippen LogP) is 3.03. The first-order valence-corrected chi connectivity index (χ1v) is 6.65. The van der Waals surface area contributed by atoms with E-state index in [1.165, 1.54) is 6.07 Å². The molecule has 0 fully saturated rings. The SMILES string of the molecule is CCCOc1cc(NCC(C)OCC)c(N)cc1F. The average Bonchev–Trinajstić information content (AvgIpc) is 2.37. The molecule has 0 saturated carbocycles. The van der Waals surface area contributed by atoms with Crippen LogP contribution in [0.4, 0.5) is 15.8 Å². The van der Waals surface area contributed by atoms with E-state index in [1.807, 2.05) is 20.8 Å². The van der Waals surface area contributed by atoms with Crippen LogP contribution in [0, 0.1) is 5.82 Å². The van der Waals surface area contributed by atoms with Gasteiger partial charge in [0, 0.05) is 25.3 Å². The summed E-state index contributed by atoms with van der Waals surface area (Å²) in [6.07, 6.45) is 0.892. The third-order valence-corrected chi connectivity index (χ3v) is 2.60. The summed E-state index contributed by atoms with van der Waals surface area (Å²) in [5.41, 5.74) is 6.81. The first kappa shape index (κ1) is 15.6. The Labute approximate surface area is 114 Å². The molecule has 0 saturated heterocycles. The van der Waals surface area contributed by atoms with E-state index in [1.54, 1.807) is 6.07 Å². The van der Waals surface area contributed by atoms with Crippen molar-refractivity contribution < 1.29 is 13.9 Å². The third-order valence-electron chi connectivity index (χ3n) is 2.60. The lowest BCUT2D eigenvalue weighted by molar-refractivity contribution is 0.0855. The molecule has 0 aliphatic heterocycles. The number of halogens is 1. The number of nitrogens with one attached hydrogen (secondary N) is 1. The molecule has 0 aromatic heterocycles. The molecular weight excluding hydrogens is 247 g/mol. The smallest absolute Gasteiger partial charge is 0.167 e. The van der Waals surface area contributed by atoms with Gasteiger partial charge in [0.05, 0.1) is 24.1 Å². The maximum atomic E-state index is 13.6. The summed E-state index contributed by atoms with van der Waals surface area (Å²) in [6, 6.07) is 2.87. The van der Waals surface area contributed by atoms with Crippen LogP contribution in [0.5, 0.6) is 5.75 Å². The molecule has 108 valence electrons. The molecule has 1 unspecified atom stereocenters. The van der Waals surface area contributed by atoms with Gasteiger partial charge in [0.2, 0.25) is 0 Å². The second-order valence-electron chi connectivity index (χ2n) is 4.37. The molecule has 0 aliphatic carbocycles. The fourth-order valence-electron chi connectivity index (χ4n) is 1.64. The first-order valence-electron chi connectivity index (χ1n) is 6.65. The zero-order chi connectivity index (χ0) is 14.3. The van der Waals surface area contributed by atoms with Crippen molar-refractivity contribution in [2.24, 2.45) is 0 Å². The van der Waals surface area contributed by atoms with Gasteiger partial charge in [0.1, 0.15) is 0 Å². The number of hydrogen-bond donors (Lipinski definition) is 2. The molecule has 3 N–H and O–H groups in total. The maximum Gasteiger partial charge on any atom is 0.167 e. The zero-order valence-electron chi connectivity index (χ0n) is 11.8. The largest absolute Gasteiger partial charge is 0.490 e. The van der Waals surface area contributed by atoms with E-state index in [0.717, 1.165) is 6.42 Å². The van der Waals surface area contributed by atoms with Gasteiger partial charge in [0.25, 0.3) is 0 Å². The van der Waals surface area contributed by atoms with E-state index in [-0.39, 0.29) is 11.9 Å². The highest BCUT2D eigenvalue weighted by Crippen LogP contribution is 2.28. The molecule has 19 heavy (non-hydrogen) atoms. The molecular formula is C14H23FN2O2. The van der Waals surface area contributed by atoms with Crippen LogP contribution < -0.4 is 15.8 Å². The average molecular weight is 270 g/mol. The van der Waals surface area contributed by atoms with Gasteiger partial charge in [-0.1, -0.05) is 6.92 Å². The normalized spacial score (nSPS) is 12.2. The van der Waals surface area contributed by atoms with Gasteiger partial charge >= 0.3 is 0 Å². The minimum Gasteiger partial charge on any atom is -0.490 e. The fraction of sp³-hybridized carbons (Fsp3) is 0.571. The van der Waals surface area contributed by atoms with Gasteiger partial charge in [-0.15, -0.1) is 0 Å². The lowest BCUT2D eigenvalue weighted by Crippen LogP contribution is -2.20. The summed E-state index contributed by atoms with van der Waals surface area (Å²) in [5.74, 6) is -0.211. The van der Waals surface area contributed by atoms with Crippen LogP contribution in [-0.4, -0.2) is 25.9 Å². The molecule has 0 heterocycles. The number of benzene rings is 1. The molecule has 1 aromatic carbocycles. The Morgan fingerprint density at radius 2 is 2.11 bits per heavy atom. The topological polar surface area (TPSA) is 56.5 Å². The molecule has 1 aromatic rings. The van der Waals surface area contributed by atoms with Crippen molar-refractivity contribution in [1.82, 2.24) is 0 Å². The second-order valence-corrected chi connectivity index (χ2v) is 4.37. The molecule has 0 amide bonds. The van der Waals surface area contributed by atoms with Crippen LogP contribution in [0.15, 0.2) is 12.1 Å². The quantitative estimate of drug-likeness (QED) is 0.713. The van der Waals surface area contributed by atoms with E-state index >= 15 is 0 Å². The van der Waals surface area contributed by atoms with Gasteiger partial charge in [-0.05, 0) is 20.3 Å². The summed E-state index contributed by atoms with van der Waals surface area (Å²) in [7, 11) is 0. The van der Waals surface area contributed by atoms with Crippen molar-refractivity contribution in [3.63, 3.8) is 0 Å². The Hall–Kier alpha value is -1.49. The van der Waals surface area contributed by atoms with Crippen LogP contribution in [0.3, 0.4) is 0 Å².